The van der Waals surface area contributed by atoms with Gasteiger partial charge in [0.15, 0.2) is 11.5 Å². The van der Waals surface area contributed by atoms with Crippen LogP contribution in [0.25, 0.3) is 6.08 Å². The van der Waals surface area contributed by atoms with E-state index in [1.807, 2.05) is 0 Å². The van der Waals surface area contributed by atoms with Gasteiger partial charge in [0, 0.05) is 11.6 Å². The Labute approximate surface area is 174 Å². The summed E-state index contributed by atoms with van der Waals surface area (Å²) in [5, 5.41) is 37.7. The summed E-state index contributed by atoms with van der Waals surface area (Å²) in [6.07, 6.45) is 9.62. The number of hydrogen-bond acceptors (Lipinski definition) is 4. The first-order valence-electron chi connectivity index (χ1n) is 10.7. The zero-order chi connectivity index (χ0) is 21.8. The van der Waals surface area contributed by atoms with Crippen LogP contribution in [0.3, 0.4) is 0 Å². The van der Waals surface area contributed by atoms with E-state index < -0.39 is 5.97 Å². The molecule has 0 saturated heterocycles. The third-order valence-electron chi connectivity index (χ3n) is 7.48. The second kappa shape index (κ2) is 9.21. The number of fused-ring (bicyclic) bond motifs is 2. The minimum absolute atomic E-state index is 0.0313. The van der Waals surface area contributed by atoms with Gasteiger partial charge in [-0.3, -0.25) is 0 Å². The van der Waals surface area contributed by atoms with Gasteiger partial charge in [-0.05, 0) is 66.6 Å². The minimum Gasteiger partial charge on any atom is -0.504 e. The highest BCUT2D eigenvalue weighted by Gasteiger charge is 2.60. The lowest BCUT2D eigenvalue weighted by Gasteiger charge is -2.36. The molecular formula is C24H36O5. The summed E-state index contributed by atoms with van der Waals surface area (Å²) in [7, 11) is 0. The number of carboxylic acid groups (broad SMARTS) is 1. The fourth-order valence-electron chi connectivity index (χ4n) is 4.93. The molecule has 0 unspecified atom stereocenters. The highest BCUT2D eigenvalue weighted by molar-refractivity contribution is 5.85. The lowest BCUT2D eigenvalue weighted by Crippen LogP contribution is -2.35. The number of aliphatic hydroxyl groups is 1. The molecular weight excluding hydrogens is 368 g/mol. The van der Waals surface area contributed by atoms with Crippen LogP contribution in [0.1, 0.15) is 77.3 Å². The molecule has 162 valence electrons. The maximum absolute atomic E-state index is 10.5. The number of phenolic OH excluding ortho intramolecular Hbond substituents is 2. The lowest BCUT2D eigenvalue weighted by atomic mass is 9.70. The van der Waals surface area contributed by atoms with Crippen molar-refractivity contribution in [2.75, 3.05) is 0 Å². The van der Waals surface area contributed by atoms with E-state index in [9.17, 15) is 20.1 Å². The fraction of sp³-hybridized carbons (Fsp3) is 0.625. The van der Waals surface area contributed by atoms with Gasteiger partial charge < -0.3 is 20.4 Å². The van der Waals surface area contributed by atoms with Crippen LogP contribution in [0.2, 0.25) is 0 Å². The van der Waals surface area contributed by atoms with E-state index in [2.05, 4.69) is 27.7 Å². The summed E-state index contributed by atoms with van der Waals surface area (Å²) in [6.45, 7) is 8.97. The number of benzene rings is 1. The molecule has 0 amide bonds. The van der Waals surface area contributed by atoms with Crippen molar-refractivity contribution in [3.63, 3.8) is 0 Å². The van der Waals surface area contributed by atoms with Gasteiger partial charge in [-0.15, -0.1) is 0 Å². The molecule has 2 aliphatic carbocycles. The smallest absolute Gasteiger partial charge is 0.328 e. The predicted octanol–water partition coefficient (Wildman–Crippen LogP) is 5.12. The van der Waals surface area contributed by atoms with Gasteiger partial charge in [0.1, 0.15) is 0 Å². The highest BCUT2D eigenvalue weighted by Crippen LogP contribution is 2.65. The Morgan fingerprint density at radius 2 is 1.90 bits per heavy atom. The summed E-state index contributed by atoms with van der Waals surface area (Å²) in [5.41, 5.74) is 1.83. The Kier molecular flexibility index (Phi) is 7.39. The molecule has 2 fully saturated rings. The molecule has 5 heteroatoms. The van der Waals surface area contributed by atoms with Gasteiger partial charge in [-0.25, -0.2) is 4.79 Å². The zero-order valence-corrected chi connectivity index (χ0v) is 18.1. The third-order valence-corrected chi connectivity index (χ3v) is 7.48. The number of carbonyl (C=O) groups is 1. The quantitative estimate of drug-likeness (QED) is 0.300. The van der Waals surface area contributed by atoms with Crippen molar-refractivity contribution in [2.24, 2.45) is 16.7 Å². The Balaban J connectivity index is 0.000000230. The maximum Gasteiger partial charge on any atom is 0.328 e. The first-order chi connectivity index (χ1) is 13.5. The molecule has 0 radical (unpaired) electrons. The van der Waals surface area contributed by atoms with Gasteiger partial charge in [-0.1, -0.05) is 46.6 Å². The number of phenols is 2. The van der Waals surface area contributed by atoms with Crippen molar-refractivity contribution in [1.29, 1.82) is 0 Å². The Hall–Kier alpha value is -2.01. The molecule has 5 nitrogen and oxygen atoms in total. The number of hydrogen-bond donors (Lipinski definition) is 4. The SMILES string of the molecule is CC1(C)[C@@H]2CC[C@]1(C)[C@@H](O)C2.CCCCCc1c(C=CC(=O)O)ccc(O)c1O. The molecule has 1 aromatic rings. The van der Waals surface area contributed by atoms with Crippen molar-refractivity contribution in [3.05, 3.63) is 29.3 Å². The van der Waals surface area contributed by atoms with Crippen LogP contribution in [-0.2, 0) is 11.2 Å². The second-order valence-corrected chi connectivity index (χ2v) is 9.26. The molecule has 0 spiro atoms. The highest BCUT2D eigenvalue weighted by atomic mass is 16.4. The van der Waals surface area contributed by atoms with Crippen LogP contribution in [0.15, 0.2) is 18.2 Å². The van der Waals surface area contributed by atoms with E-state index in [0.29, 0.717) is 23.0 Å². The number of unbranched alkanes of at least 4 members (excludes halogenated alkanes) is 2. The minimum atomic E-state index is -1.04. The van der Waals surface area contributed by atoms with Crippen molar-refractivity contribution >= 4 is 12.0 Å². The van der Waals surface area contributed by atoms with Gasteiger partial charge >= 0.3 is 5.97 Å². The fourth-order valence-corrected chi connectivity index (χ4v) is 4.93. The van der Waals surface area contributed by atoms with Gasteiger partial charge in [0.2, 0.25) is 0 Å². The second-order valence-electron chi connectivity index (χ2n) is 9.26. The van der Waals surface area contributed by atoms with Crippen LogP contribution in [0, 0.1) is 16.7 Å². The predicted molar refractivity (Wildman–Crippen MR) is 115 cm³/mol. The van der Waals surface area contributed by atoms with E-state index in [0.717, 1.165) is 37.7 Å². The maximum atomic E-state index is 10.5. The first kappa shape index (κ1) is 23.3. The number of carboxylic acids is 1. The summed E-state index contributed by atoms with van der Waals surface area (Å²) in [4.78, 5) is 10.5. The standard InChI is InChI=1S/C14H18O4.C10H18O/c1-2-3-4-5-11-10(7-9-13(16)17)6-8-12(15)14(11)18;1-9(2)7-4-5-10(9,3)8(11)6-7/h6-9,15,18H,2-5H2,1H3,(H,16,17);7-8,11H,4-6H2,1-3H3/t;7-,8+,10-/m.1/s1. The monoisotopic (exact) mass is 404 g/mol. The van der Waals surface area contributed by atoms with Crippen LogP contribution < -0.4 is 0 Å². The van der Waals surface area contributed by atoms with E-state index in [-0.39, 0.29) is 23.0 Å². The van der Waals surface area contributed by atoms with E-state index in [1.165, 1.54) is 25.0 Å². The third kappa shape index (κ3) is 4.77. The first-order valence-corrected chi connectivity index (χ1v) is 10.7. The Morgan fingerprint density at radius 1 is 1.21 bits per heavy atom. The summed E-state index contributed by atoms with van der Waals surface area (Å²) in [6, 6.07) is 2.97. The lowest BCUT2D eigenvalue weighted by molar-refractivity contribution is -0.131. The number of aliphatic hydroxyl groups excluding tert-OH is 1. The largest absolute Gasteiger partial charge is 0.504 e. The van der Waals surface area contributed by atoms with E-state index >= 15 is 0 Å². The molecule has 0 aromatic heterocycles. The summed E-state index contributed by atoms with van der Waals surface area (Å²) in [5.74, 6) is -0.586. The average Bonchev–Trinajstić information content (AvgIpc) is 2.98. The number of aliphatic carboxylic acids is 1. The summed E-state index contributed by atoms with van der Waals surface area (Å²) < 4.78 is 0. The van der Waals surface area contributed by atoms with Crippen molar-refractivity contribution < 1.29 is 25.2 Å². The number of rotatable bonds is 6. The van der Waals surface area contributed by atoms with Gasteiger partial charge in [-0.2, -0.15) is 0 Å². The molecule has 3 rings (SSSR count). The molecule has 4 N–H and O–H groups in total. The molecule has 2 bridgehead atoms. The van der Waals surface area contributed by atoms with Crippen LogP contribution in [0.5, 0.6) is 11.5 Å². The Bertz CT molecular complexity index is 752. The van der Waals surface area contributed by atoms with E-state index in [1.54, 1.807) is 6.07 Å². The van der Waals surface area contributed by atoms with Crippen LogP contribution >= 0.6 is 0 Å². The number of aromatic hydroxyl groups is 2. The average molecular weight is 405 g/mol. The molecule has 0 aliphatic heterocycles. The normalized spacial score (nSPS) is 27.1. The molecule has 29 heavy (non-hydrogen) atoms. The van der Waals surface area contributed by atoms with Crippen LogP contribution in [0.4, 0.5) is 0 Å². The van der Waals surface area contributed by atoms with E-state index in [4.69, 9.17) is 5.11 Å². The van der Waals surface area contributed by atoms with Crippen LogP contribution in [-0.4, -0.2) is 32.5 Å². The van der Waals surface area contributed by atoms with Gasteiger partial charge in [0.25, 0.3) is 0 Å². The Morgan fingerprint density at radius 3 is 2.34 bits per heavy atom. The van der Waals surface area contributed by atoms with Crippen molar-refractivity contribution in [2.45, 2.75) is 78.7 Å². The van der Waals surface area contributed by atoms with Crippen molar-refractivity contribution in [3.8, 4) is 11.5 Å². The molecule has 1 aromatic carbocycles. The van der Waals surface area contributed by atoms with Crippen molar-refractivity contribution in [1.82, 2.24) is 0 Å². The molecule has 2 saturated carbocycles. The van der Waals surface area contributed by atoms with Gasteiger partial charge in [0.05, 0.1) is 6.10 Å². The molecule has 2 aliphatic rings. The zero-order valence-electron chi connectivity index (χ0n) is 18.1. The topological polar surface area (TPSA) is 98.0 Å². The molecule has 3 atom stereocenters. The molecule has 0 heterocycles. The summed E-state index contributed by atoms with van der Waals surface area (Å²) >= 11 is 0.